The highest BCUT2D eigenvalue weighted by Gasteiger charge is 2.51. The Bertz CT molecular complexity index is 1600. The number of aromatic amines is 1. The van der Waals surface area contributed by atoms with Gasteiger partial charge in [0.1, 0.15) is 11.4 Å². The quantitative estimate of drug-likeness (QED) is 0.264. The number of likely N-dealkylation sites (tertiary alicyclic amines) is 1. The van der Waals surface area contributed by atoms with Crippen molar-refractivity contribution in [2.75, 3.05) is 6.54 Å². The van der Waals surface area contributed by atoms with Crippen LogP contribution in [0, 0.1) is 0 Å². The monoisotopic (exact) mass is 565 g/mol. The van der Waals surface area contributed by atoms with Crippen molar-refractivity contribution in [3.63, 3.8) is 0 Å². The van der Waals surface area contributed by atoms with Crippen LogP contribution in [0.15, 0.2) is 66.9 Å². The number of imidazole rings is 1. The number of hydrogen-bond acceptors (Lipinski definition) is 5. The van der Waals surface area contributed by atoms with Crippen molar-refractivity contribution in [3.05, 3.63) is 72.7 Å². The van der Waals surface area contributed by atoms with Gasteiger partial charge in [0.15, 0.2) is 0 Å². The normalized spacial score (nSPS) is 19.9. The van der Waals surface area contributed by atoms with E-state index in [1.165, 1.54) is 0 Å². The SMILES string of the molecule is CC(C)(C)OC(=O)N1CCCC1c1ncc(-c2ccc(-c3ccc(B4OC(C)(C)C(C)(C)O4)cc3)c3ccccc23)[nH]1. The number of benzene rings is 3. The van der Waals surface area contributed by atoms with Crippen LogP contribution in [-0.2, 0) is 14.0 Å². The van der Waals surface area contributed by atoms with Gasteiger partial charge < -0.3 is 19.0 Å². The topological polar surface area (TPSA) is 76.7 Å². The summed E-state index contributed by atoms with van der Waals surface area (Å²) in [5, 5.41) is 2.29. The van der Waals surface area contributed by atoms with E-state index in [4.69, 9.17) is 19.0 Å². The standard InChI is InChI=1S/C34H40BN3O4/c1-32(2,3)40-31(39)38-20-10-13-29(38)30-36-21-28(37-30)27-19-18-24(25-11-8-9-12-26(25)27)22-14-16-23(17-15-22)35-41-33(4,5)34(6,7)42-35/h8-9,11-12,14-19,21,29H,10,13,20H2,1-7H3,(H,36,37). The van der Waals surface area contributed by atoms with E-state index < -0.39 is 5.60 Å². The summed E-state index contributed by atoms with van der Waals surface area (Å²) in [6.45, 7) is 14.6. The lowest BCUT2D eigenvalue weighted by molar-refractivity contribution is 0.00578. The van der Waals surface area contributed by atoms with Crippen molar-refractivity contribution in [2.24, 2.45) is 0 Å². The van der Waals surface area contributed by atoms with Crippen LogP contribution in [0.5, 0.6) is 0 Å². The van der Waals surface area contributed by atoms with Crippen molar-refractivity contribution in [3.8, 4) is 22.4 Å². The molecule has 1 unspecified atom stereocenters. The third-order valence-electron chi connectivity index (χ3n) is 8.75. The predicted molar refractivity (Wildman–Crippen MR) is 168 cm³/mol. The van der Waals surface area contributed by atoms with Crippen LogP contribution >= 0.6 is 0 Å². The number of nitrogens with one attached hydrogen (secondary N) is 1. The molecule has 4 aromatic rings. The molecule has 7 nitrogen and oxygen atoms in total. The van der Waals surface area contributed by atoms with Crippen molar-refractivity contribution in [1.82, 2.24) is 14.9 Å². The number of nitrogens with zero attached hydrogens (tertiary/aromatic N) is 2. The third-order valence-corrected chi connectivity index (χ3v) is 8.75. The largest absolute Gasteiger partial charge is 0.494 e. The van der Waals surface area contributed by atoms with Crippen LogP contribution in [0.2, 0.25) is 0 Å². The Kier molecular flexibility index (Phi) is 6.98. The zero-order chi connectivity index (χ0) is 29.9. The van der Waals surface area contributed by atoms with Crippen LogP contribution in [0.3, 0.4) is 0 Å². The summed E-state index contributed by atoms with van der Waals surface area (Å²) in [6.07, 6.45) is 3.36. The van der Waals surface area contributed by atoms with Gasteiger partial charge in [0, 0.05) is 12.1 Å². The minimum absolute atomic E-state index is 0.123. The smallest absolute Gasteiger partial charge is 0.444 e. The van der Waals surface area contributed by atoms with Gasteiger partial charge in [0.05, 0.1) is 29.1 Å². The molecule has 0 aliphatic carbocycles. The highest BCUT2D eigenvalue weighted by Crippen LogP contribution is 2.39. The first-order chi connectivity index (χ1) is 19.8. The first-order valence-corrected chi connectivity index (χ1v) is 14.9. The van der Waals surface area contributed by atoms with Crippen LogP contribution in [0.25, 0.3) is 33.2 Å². The number of hydrogen-bond donors (Lipinski definition) is 1. The molecule has 1 aromatic heterocycles. The second-order valence-electron chi connectivity index (χ2n) is 13.4. The highest BCUT2D eigenvalue weighted by molar-refractivity contribution is 6.62. The summed E-state index contributed by atoms with van der Waals surface area (Å²) in [5.74, 6) is 0.791. The van der Waals surface area contributed by atoms with Crippen molar-refractivity contribution in [1.29, 1.82) is 0 Å². The molecule has 0 saturated carbocycles. The molecule has 0 radical (unpaired) electrons. The molecule has 1 atom stereocenters. The van der Waals surface area contributed by atoms with Crippen LogP contribution < -0.4 is 5.46 Å². The maximum Gasteiger partial charge on any atom is 0.494 e. The fraction of sp³-hybridized carbons (Fsp3) is 0.412. The molecule has 1 amide bonds. The molecule has 1 N–H and O–H groups in total. The van der Waals surface area contributed by atoms with E-state index >= 15 is 0 Å². The first-order valence-electron chi connectivity index (χ1n) is 14.9. The molecule has 3 aromatic carbocycles. The average molecular weight is 566 g/mol. The Morgan fingerprint density at radius 2 is 1.57 bits per heavy atom. The Morgan fingerprint density at radius 1 is 0.952 bits per heavy atom. The number of carbonyl (C=O) groups excluding carboxylic acids is 1. The minimum atomic E-state index is -0.536. The van der Waals surface area contributed by atoms with Gasteiger partial charge in [-0.1, -0.05) is 60.7 Å². The van der Waals surface area contributed by atoms with Gasteiger partial charge in [-0.2, -0.15) is 0 Å². The highest BCUT2D eigenvalue weighted by atomic mass is 16.7. The average Bonchev–Trinajstić information content (AvgIpc) is 3.65. The zero-order valence-electron chi connectivity index (χ0n) is 25.7. The molecule has 8 heteroatoms. The lowest BCUT2D eigenvalue weighted by Gasteiger charge is -2.32. The molecular formula is C34H40BN3O4. The molecule has 2 aliphatic heterocycles. The number of rotatable bonds is 4. The van der Waals surface area contributed by atoms with Crippen LogP contribution in [0.1, 0.15) is 73.2 Å². The molecule has 3 heterocycles. The maximum atomic E-state index is 12.9. The molecule has 0 bridgehead atoms. The summed E-state index contributed by atoms with van der Waals surface area (Å²) in [6, 6.07) is 21.1. The summed E-state index contributed by atoms with van der Waals surface area (Å²) < 4.78 is 18.2. The molecular weight excluding hydrogens is 525 g/mol. The number of ether oxygens (including phenoxy) is 1. The second kappa shape index (κ2) is 10.3. The molecule has 42 heavy (non-hydrogen) atoms. The Labute approximate surface area is 248 Å². The summed E-state index contributed by atoms with van der Waals surface area (Å²) in [5.41, 5.74) is 4.01. The van der Waals surface area contributed by atoms with Gasteiger partial charge in [0.2, 0.25) is 0 Å². The summed E-state index contributed by atoms with van der Waals surface area (Å²) in [4.78, 5) is 22.9. The lowest BCUT2D eigenvalue weighted by Crippen LogP contribution is -2.41. The molecule has 2 fully saturated rings. The predicted octanol–water partition coefficient (Wildman–Crippen LogP) is 7.27. The van der Waals surface area contributed by atoms with Crippen molar-refractivity contribution in [2.45, 2.75) is 84.2 Å². The van der Waals surface area contributed by atoms with E-state index in [0.29, 0.717) is 6.54 Å². The molecule has 0 spiro atoms. The van der Waals surface area contributed by atoms with E-state index in [0.717, 1.165) is 57.3 Å². The van der Waals surface area contributed by atoms with E-state index in [-0.39, 0.29) is 30.5 Å². The number of aromatic nitrogens is 2. The fourth-order valence-corrected chi connectivity index (χ4v) is 5.82. The van der Waals surface area contributed by atoms with Crippen molar-refractivity contribution < 1.29 is 18.8 Å². The molecule has 6 rings (SSSR count). The third kappa shape index (κ3) is 5.22. The number of amides is 1. The van der Waals surface area contributed by atoms with Gasteiger partial charge in [0.25, 0.3) is 0 Å². The second-order valence-corrected chi connectivity index (χ2v) is 13.4. The molecule has 2 saturated heterocycles. The minimum Gasteiger partial charge on any atom is -0.444 e. The van der Waals surface area contributed by atoms with E-state index in [1.54, 1.807) is 4.90 Å². The van der Waals surface area contributed by atoms with Gasteiger partial charge in [-0.05, 0) is 88.7 Å². The van der Waals surface area contributed by atoms with E-state index in [2.05, 4.69) is 93.3 Å². The molecule has 2 aliphatic rings. The number of carbonyl (C=O) groups is 1. The van der Waals surface area contributed by atoms with Crippen LogP contribution in [0.4, 0.5) is 4.79 Å². The van der Waals surface area contributed by atoms with Gasteiger partial charge in [-0.25, -0.2) is 9.78 Å². The van der Waals surface area contributed by atoms with Crippen LogP contribution in [-0.4, -0.2) is 51.4 Å². The van der Waals surface area contributed by atoms with Crippen molar-refractivity contribution >= 4 is 29.4 Å². The molecule has 218 valence electrons. The maximum absolute atomic E-state index is 12.9. The number of H-pyrrole nitrogens is 1. The Hall–Kier alpha value is -3.62. The van der Waals surface area contributed by atoms with Gasteiger partial charge in [-0.15, -0.1) is 0 Å². The van der Waals surface area contributed by atoms with Gasteiger partial charge >= 0.3 is 13.2 Å². The summed E-state index contributed by atoms with van der Waals surface area (Å²) in [7, 11) is -0.385. The number of fused-ring (bicyclic) bond motifs is 1. The zero-order valence-corrected chi connectivity index (χ0v) is 25.7. The summed E-state index contributed by atoms with van der Waals surface area (Å²) >= 11 is 0. The first kappa shape index (κ1) is 28.5. The Morgan fingerprint density at radius 3 is 2.21 bits per heavy atom. The van der Waals surface area contributed by atoms with Gasteiger partial charge in [-0.3, -0.25) is 4.90 Å². The fourth-order valence-electron chi connectivity index (χ4n) is 5.82. The van der Waals surface area contributed by atoms with E-state index in [9.17, 15) is 4.79 Å². The lowest BCUT2D eigenvalue weighted by atomic mass is 9.78. The van der Waals surface area contributed by atoms with E-state index in [1.807, 2.05) is 27.0 Å². The Balaban J connectivity index is 1.28.